The number of carbonyl (C=O) groups excluding carboxylic acids is 1. The molecule has 1 unspecified atom stereocenters. The van der Waals surface area contributed by atoms with Crippen LogP contribution in [0.1, 0.15) is 30.0 Å². The molecule has 0 amide bonds. The molecule has 1 heterocycles. The molecule has 3 heteroatoms. The van der Waals surface area contributed by atoms with Crippen LogP contribution in [0.3, 0.4) is 0 Å². The predicted octanol–water partition coefficient (Wildman–Crippen LogP) is 3.03. The normalized spacial score (nSPS) is 18.7. The van der Waals surface area contributed by atoms with Crippen LogP contribution in [0.4, 0.5) is 0 Å². The van der Waals surface area contributed by atoms with Crippen molar-refractivity contribution >= 4 is 22.8 Å². The minimum atomic E-state index is -0.249. The van der Waals surface area contributed by atoms with Gasteiger partial charge in [0.25, 0.3) is 0 Å². The summed E-state index contributed by atoms with van der Waals surface area (Å²) in [5.74, 6) is -0.00892. The Morgan fingerprint density at radius 1 is 1.17 bits per heavy atom. The first-order chi connectivity index (χ1) is 8.59. The first-order valence-electron chi connectivity index (χ1n) is 5.88. The summed E-state index contributed by atoms with van der Waals surface area (Å²) in [6.07, 6.45) is 1.79. The summed E-state index contributed by atoms with van der Waals surface area (Å²) in [5.41, 5.74) is 1.40. The third-order valence-corrected chi connectivity index (χ3v) is 3.51. The van der Waals surface area contributed by atoms with Crippen molar-refractivity contribution in [3.63, 3.8) is 0 Å². The second kappa shape index (κ2) is 3.67. The second-order valence-corrected chi connectivity index (χ2v) is 4.64. The summed E-state index contributed by atoms with van der Waals surface area (Å²) in [5, 5.41) is 0.463. The van der Waals surface area contributed by atoms with Crippen LogP contribution in [0.25, 0.3) is 17.0 Å². The van der Waals surface area contributed by atoms with Crippen LogP contribution >= 0.6 is 0 Å². The van der Waals surface area contributed by atoms with E-state index in [-0.39, 0.29) is 22.7 Å². The van der Waals surface area contributed by atoms with E-state index in [0.29, 0.717) is 16.7 Å². The molecule has 3 nitrogen and oxygen atoms in total. The zero-order valence-electron chi connectivity index (χ0n) is 10.2. The van der Waals surface area contributed by atoms with Crippen LogP contribution in [-0.4, -0.2) is 5.78 Å². The van der Waals surface area contributed by atoms with Crippen LogP contribution in [0.5, 0.6) is 0 Å². The third kappa shape index (κ3) is 1.37. The Morgan fingerprint density at radius 3 is 2.67 bits per heavy atom. The maximum atomic E-state index is 12.3. The van der Waals surface area contributed by atoms with Crippen LogP contribution in [0.2, 0.25) is 0 Å². The SMILES string of the molecule is CC1=Cc2oc3ccccc3c(=O)c2C(=O)C1C. The van der Waals surface area contributed by atoms with Gasteiger partial charge in [-0.25, -0.2) is 0 Å². The zero-order valence-corrected chi connectivity index (χ0v) is 10.2. The van der Waals surface area contributed by atoms with Gasteiger partial charge in [-0.1, -0.05) is 24.6 Å². The van der Waals surface area contributed by atoms with Crippen molar-refractivity contribution in [2.45, 2.75) is 13.8 Å². The topological polar surface area (TPSA) is 47.3 Å². The number of hydrogen-bond donors (Lipinski definition) is 0. The minimum Gasteiger partial charge on any atom is -0.456 e. The molecular formula is C15H12O3. The molecule has 0 aliphatic heterocycles. The van der Waals surface area contributed by atoms with E-state index in [1.54, 1.807) is 24.3 Å². The molecule has 0 saturated heterocycles. The number of allylic oxidation sites excluding steroid dienone is 1. The summed E-state index contributed by atoms with van der Waals surface area (Å²) in [6.45, 7) is 3.69. The lowest BCUT2D eigenvalue weighted by atomic mass is 9.86. The van der Waals surface area contributed by atoms with Gasteiger partial charge < -0.3 is 4.42 Å². The van der Waals surface area contributed by atoms with E-state index in [4.69, 9.17) is 4.42 Å². The van der Waals surface area contributed by atoms with Gasteiger partial charge in [-0.05, 0) is 25.1 Å². The maximum Gasteiger partial charge on any atom is 0.204 e. The Bertz CT molecular complexity index is 750. The van der Waals surface area contributed by atoms with Gasteiger partial charge in [-0.15, -0.1) is 0 Å². The minimum absolute atomic E-state index is 0.149. The van der Waals surface area contributed by atoms with Crippen LogP contribution in [-0.2, 0) is 0 Å². The molecule has 2 aromatic rings. The Morgan fingerprint density at radius 2 is 1.89 bits per heavy atom. The Kier molecular flexibility index (Phi) is 2.23. The molecule has 1 aromatic carbocycles. The fourth-order valence-electron chi connectivity index (χ4n) is 2.25. The Hall–Kier alpha value is -2.16. The van der Waals surface area contributed by atoms with Gasteiger partial charge in [0.05, 0.1) is 5.39 Å². The molecule has 0 fully saturated rings. The fourth-order valence-corrected chi connectivity index (χ4v) is 2.25. The lowest BCUT2D eigenvalue weighted by molar-refractivity contribution is 0.0942. The van der Waals surface area contributed by atoms with Crippen LogP contribution in [0.15, 0.2) is 39.1 Å². The van der Waals surface area contributed by atoms with Gasteiger partial charge in [0, 0.05) is 5.92 Å². The van der Waals surface area contributed by atoms with Crippen molar-refractivity contribution in [1.82, 2.24) is 0 Å². The number of fused-ring (bicyclic) bond motifs is 2. The fraction of sp³-hybridized carbons (Fsp3) is 0.200. The lowest BCUT2D eigenvalue weighted by Crippen LogP contribution is -2.25. The zero-order chi connectivity index (χ0) is 12.9. The second-order valence-electron chi connectivity index (χ2n) is 4.64. The highest BCUT2D eigenvalue weighted by molar-refractivity contribution is 6.06. The summed E-state index contributed by atoms with van der Waals surface area (Å²) < 4.78 is 5.66. The smallest absolute Gasteiger partial charge is 0.204 e. The highest BCUT2D eigenvalue weighted by Crippen LogP contribution is 2.28. The molecule has 90 valence electrons. The van der Waals surface area contributed by atoms with Gasteiger partial charge in [0.2, 0.25) is 5.43 Å². The molecule has 1 aromatic heterocycles. The molecule has 1 aliphatic carbocycles. The van der Waals surface area contributed by atoms with Crippen molar-refractivity contribution in [2.24, 2.45) is 5.92 Å². The van der Waals surface area contributed by atoms with Crippen molar-refractivity contribution in [3.05, 3.63) is 51.4 Å². The lowest BCUT2D eigenvalue weighted by Gasteiger charge is -2.18. The number of hydrogen-bond acceptors (Lipinski definition) is 3. The monoisotopic (exact) mass is 240 g/mol. The summed E-state index contributed by atoms with van der Waals surface area (Å²) in [4.78, 5) is 24.5. The molecule has 0 saturated carbocycles. The molecule has 0 N–H and O–H groups in total. The molecular weight excluding hydrogens is 228 g/mol. The van der Waals surface area contributed by atoms with E-state index in [1.165, 1.54) is 0 Å². The Labute approximate surface area is 104 Å². The van der Waals surface area contributed by atoms with Gasteiger partial charge in [0.15, 0.2) is 5.78 Å². The molecule has 0 radical (unpaired) electrons. The number of para-hydroxylation sites is 1. The van der Waals surface area contributed by atoms with Crippen LogP contribution < -0.4 is 5.43 Å². The highest BCUT2D eigenvalue weighted by Gasteiger charge is 2.29. The average Bonchev–Trinajstić information content (AvgIpc) is 2.36. The molecule has 0 spiro atoms. The van der Waals surface area contributed by atoms with Gasteiger partial charge in [0.1, 0.15) is 16.9 Å². The molecule has 0 bridgehead atoms. The van der Waals surface area contributed by atoms with E-state index in [2.05, 4.69) is 0 Å². The van der Waals surface area contributed by atoms with Gasteiger partial charge >= 0.3 is 0 Å². The first kappa shape index (κ1) is 11.0. The summed E-state index contributed by atoms with van der Waals surface area (Å²) in [6, 6.07) is 7.00. The Balaban J connectivity index is 2.46. The van der Waals surface area contributed by atoms with E-state index in [9.17, 15) is 9.59 Å². The molecule has 1 aliphatic rings. The van der Waals surface area contributed by atoms with E-state index >= 15 is 0 Å². The highest BCUT2D eigenvalue weighted by atomic mass is 16.3. The van der Waals surface area contributed by atoms with Crippen LogP contribution in [0, 0.1) is 5.92 Å². The van der Waals surface area contributed by atoms with E-state index < -0.39 is 0 Å². The summed E-state index contributed by atoms with van der Waals surface area (Å²) in [7, 11) is 0. The average molecular weight is 240 g/mol. The van der Waals surface area contributed by atoms with Crippen molar-refractivity contribution < 1.29 is 9.21 Å². The number of benzene rings is 1. The van der Waals surface area contributed by atoms with Crippen molar-refractivity contribution in [2.75, 3.05) is 0 Å². The van der Waals surface area contributed by atoms with Gasteiger partial charge in [-0.2, -0.15) is 0 Å². The van der Waals surface area contributed by atoms with Crippen molar-refractivity contribution in [3.8, 4) is 0 Å². The number of Topliss-reactive ketones (excluding diaryl/α,β-unsaturated/α-hetero) is 1. The number of ketones is 1. The standard InChI is InChI=1S/C15H12O3/c1-8-7-12-13(14(16)9(8)2)15(17)10-5-3-4-6-11(10)18-12/h3-7,9H,1-2H3. The quantitative estimate of drug-likeness (QED) is 0.711. The van der Waals surface area contributed by atoms with E-state index in [0.717, 1.165) is 5.57 Å². The van der Waals surface area contributed by atoms with Gasteiger partial charge in [-0.3, -0.25) is 9.59 Å². The largest absolute Gasteiger partial charge is 0.456 e. The molecule has 3 rings (SSSR count). The summed E-state index contributed by atoms with van der Waals surface area (Å²) >= 11 is 0. The number of rotatable bonds is 0. The third-order valence-electron chi connectivity index (χ3n) is 3.51. The maximum absolute atomic E-state index is 12.3. The van der Waals surface area contributed by atoms with E-state index in [1.807, 2.05) is 19.9 Å². The first-order valence-corrected chi connectivity index (χ1v) is 5.88. The molecule has 1 atom stereocenters. The van der Waals surface area contributed by atoms with Crippen molar-refractivity contribution in [1.29, 1.82) is 0 Å². The predicted molar refractivity (Wildman–Crippen MR) is 69.6 cm³/mol. The molecule has 18 heavy (non-hydrogen) atoms. The number of carbonyl (C=O) groups is 1.